The Morgan fingerprint density at radius 3 is 1.07 bits per heavy atom. The summed E-state index contributed by atoms with van der Waals surface area (Å²) in [5.41, 5.74) is 23.3. The van der Waals surface area contributed by atoms with Crippen molar-refractivity contribution in [3.63, 3.8) is 0 Å². The minimum atomic E-state index is -1.78. The van der Waals surface area contributed by atoms with Crippen LogP contribution in [0.4, 0.5) is 22.7 Å². The van der Waals surface area contributed by atoms with E-state index in [-0.39, 0.29) is 41.1 Å². The first-order valence-electron chi connectivity index (χ1n) is 40.1. The van der Waals surface area contributed by atoms with Crippen molar-refractivity contribution in [3.05, 3.63) is 234 Å². The van der Waals surface area contributed by atoms with Crippen LogP contribution < -0.4 is 0 Å². The number of rotatable bonds is 16. The van der Waals surface area contributed by atoms with Crippen LogP contribution in [0.5, 0.6) is 0 Å². The maximum absolute atomic E-state index is 4.93. The second-order valence-electron chi connectivity index (χ2n) is 33.9. The van der Waals surface area contributed by atoms with E-state index in [4.69, 9.17) is 17.0 Å². The molecule has 0 aromatic heterocycles. The summed E-state index contributed by atoms with van der Waals surface area (Å²) in [5.74, 6) is 10.1. The molecule has 0 saturated heterocycles. The Hall–Kier alpha value is -1.30. The second-order valence-corrected chi connectivity index (χ2v) is 51.1. The first kappa shape index (κ1) is 88.6. The van der Waals surface area contributed by atoms with Gasteiger partial charge in [0, 0.05) is 29.7 Å². The van der Waals surface area contributed by atoms with Gasteiger partial charge in [-0.2, -0.15) is 0 Å². The Kier molecular flexibility index (Phi) is 35.0. The number of para-hydroxylation sites is 4. The summed E-state index contributed by atoms with van der Waals surface area (Å²) in [6.07, 6.45) is 35.7. The van der Waals surface area contributed by atoms with E-state index >= 15 is 0 Å². The molecular weight excluding hydrogens is 1790 g/mol. The molecule has 16 atom stereocenters. The molecule has 6 saturated carbocycles. The van der Waals surface area contributed by atoms with Crippen LogP contribution in [0.1, 0.15) is 199 Å². The Bertz CT molecular complexity index is 3450. The SMILES string of the molecule is CC1=Cc2c(cc3c(c2Br)CCCC3)C1[Si](C)(C)C1C(C)=Cc2c1cc1c(c2Br)CCCC1.CC1CC2C(Br)C3CCCCC3CC2C1[Si](C)(C)C1C(C)CC2C(Br)C3CCCCC3CC21.[CH3-].[CH3-].[Cl][Zr+2][Cl].[Zr+4].c1ccc([N-]CCC[N-]c2ccccc2)cc1.c1ccc([N-]CCC[N-]c2ccccc2)cc1. The van der Waals surface area contributed by atoms with Gasteiger partial charge in [0.1, 0.15) is 0 Å². The molecule has 0 heterocycles. The molecule has 6 aromatic carbocycles. The van der Waals surface area contributed by atoms with Crippen molar-refractivity contribution in [1.29, 1.82) is 0 Å². The van der Waals surface area contributed by atoms with Gasteiger partial charge >= 0.3 is 64.1 Å². The molecule has 0 amide bonds. The van der Waals surface area contributed by atoms with Crippen LogP contribution in [0.3, 0.4) is 0 Å². The number of halogens is 6. The zero-order valence-electron chi connectivity index (χ0n) is 65.5. The molecule has 0 radical (unpaired) electrons. The normalized spacial score (nSPS) is 28.2. The predicted molar refractivity (Wildman–Crippen MR) is 475 cm³/mol. The number of hydrogen-bond acceptors (Lipinski definition) is 0. The fourth-order valence-corrected chi connectivity index (χ4v) is 38.9. The topological polar surface area (TPSA) is 56.4 Å². The Labute approximate surface area is 717 Å². The molecule has 10 aliphatic carbocycles. The summed E-state index contributed by atoms with van der Waals surface area (Å²) < 4.78 is 2.80. The monoisotopic (exact) mass is 1900 g/mol. The number of alkyl halides is 2. The van der Waals surface area contributed by atoms with E-state index < -0.39 is 37.0 Å². The quantitative estimate of drug-likeness (QED) is 0.0401. The average molecular weight is 1910 g/mol. The van der Waals surface area contributed by atoms with Crippen molar-refractivity contribution in [3.8, 4) is 0 Å². The van der Waals surface area contributed by atoms with E-state index in [1.165, 1.54) is 136 Å². The van der Waals surface area contributed by atoms with Crippen molar-refractivity contribution in [2.75, 3.05) is 26.2 Å². The Morgan fingerprint density at radius 1 is 0.425 bits per heavy atom. The van der Waals surface area contributed by atoms with Crippen LogP contribution >= 0.6 is 80.7 Å². The number of benzene rings is 6. The molecule has 106 heavy (non-hydrogen) atoms. The molecule has 568 valence electrons. The summed E-state index contributed by atoms with van der Waals surface area (Å²) in [6, 6.07) is 45.5. The van der Waals surface area contributed by atoms with Gasteiger partial charge in [-0.3, -0.25) is 0 Å². The fourth-order valence-electron chi connectivity index (χ4n) is 23.2. The van der Waals surface area contributed by atoms with Crippen LogP contribution in [-0.2, 0) is 72.7 Å². The molecule has 0 aliphatic heterocycles. The van der Waals surface area contributed by atoms with Crippen molar-refractivity contribution in [1.82, 2.24) is 0 Å². The van der Waals surface area contributed by atoms with E-state index in [0.717, 1.165) is 142 Å². The van der Waals surface area contributed by atoms with Gasteiger partial charge in [0.15, 0.2) is 0 Å². The molecular formula is C92H122Br4Cl2N4Si2Zr2. The van der Waals surface area contributed by atoms with Gasteiger partial charge in [-0.1, -0.05) is 280 Å². The van der Waals surface area contributed by atoms with Crippen molar-refractivity contribution in [2.24, 2.45) is 59.2 Å². The van der Waals surface area contributed by atoms with Crippen LogP contribution in [0, 0.1) is 74.0 Å². The zero-order chi connectivity index (χ0) is 72.4. The molecule has 0 spiro atoms. The fraction of sp³-hybridized carbons (Fsp3) is 0.543. The van der Waals surface area contributed by atoms with Gasteiger partial charge in [0.25, 0.3) is 0 Å². The van der Waals surface area contributed by atoms with E-state index in [1.54, 1.807) is 57.4 Å². The molecule has 4 nitrogen and oxygen atoms in total. The summed E-state index contributed by atoms with van der Waals surface area (Å²) in [7, 11) is 6.69. The second kappa shape index (κ2) is 41.8. The van der Waals surface area contributed by atoms with Gasteiger partial charge in [-0.15, -0.1) is 48.9 Å². The number of fused-ring (bicyclic) bond motifs is 8. The molecule has 0 bridgehead atoms. The molecule has 10 aliphatic rings. The third kappa shape index (κ3) is 20.7. The van der Waals surface area contributed by atoms with E-state index in [2.05, 4.69) is 163 Å². The van der Waals surface area contributed by atoms with Gasteiger partial charge in [-0.25, -0.2) is 0 Å². The summed E-state index contributed by atoms with van der Waals surface area (Å²) in [5, 5.41) is 17.9. The maximum Gasteiger partial charge on any atom is 4.00 e. The van der Waals surface area contributed by atoms with Crippen molar-refractivity contribution >= 4 is 132 Å². The minimum Gasteiger partial charge on any atom is -0.684 e. The first-order chi connectivity index (χ1) is 49.9. The van der Waals surface area contributed by atoms with Crippen LogP contribution in [0.25, 0.3) is 33.4 Å². The molecule has 0 N–H and O–H groups in total. The number of aryl methyl sites for hydroxylation is 2. The number of allylic oxidation sites excluding steroid dienone is 2. The van der Waals surface area contributed by atoms with Crippen molar-refractivity contribution in [2.45, 2.75) is 227 Å². The third-order valence-corrected chi connectivity index (χ3v) is 41.3. The average Bonchev–Trinajstić information content (AvgIpc) is 1.56. The van der Waals surface area contributed by atoms with Crippen molar-refractivity contribution < 1.29 is 47.1 Å². The molecule has 6 fully saturated rings. The predicted octanol–water partition coefficient (Wildman–Crippen LogP) is 31.2. The summed E-state index contributed by atoms with van der Waals surface area (Å²) in [4.78, 5) is 1.66. The van der Waals surface area contributed by atoms with E-state index in [0.29, 0.717) is 11.1 Å². The van der Waals surface area contributed by atoms with Gasteiger partial charge in [0.2, 0.25) is 0 Å². The van der Waals surface area contributed by atoms with Gasteiger partial charge in [-0.05, 0) is 250 Å². The number of hydrogen-bond donors (Lipinski definition) is 0. The van der Waals surface area contributed by atoms with Crippen LogP contribution in [-0.4, -0.2) is 52.0 Å². The third-order valence-electron chi connectivity index (χ3n) is 26.9. The Balaban J connectivity index is 0.000000167. The molecule has 16 unspecified atom stereocenters. The molecule has 14 heteroatoms. The largest absolute Gasteiger partial charge is 4.00 e. The van der Waals surface area contributed by atoms with E-state index in [1.807, 2.05) is 121 Å². The smallest absolute Gasteiger partial charge is 0.684 e. The molecule has 16 rings (SSSR count). The molecule has 6 aromatic rings. The standard InChI is InChI=1S/C30H50Br2Si.C30H34Br2Si.2C15H16N2.2CH3.2ClH.2Zr/c2*1-17-13-23-25(15-19-9-5-7-11-21(19)27(23)31)29(17)33(3,4)30-18(2)14-24-26(30)16-20-10-6-8-12-22(20)28(24)32;2*1-3-8-14(9-4-1)16-12-7-13-17-15-10-5-2-6-11-15;;;;;;/h17-30H,5-16H2,1-4H3;13-16,29-30H,5-12H2,1-4H3;2*1-6,8-11H,7,12-13H2;2*1H3;2*1H;;/q;;2*-2;2*-1;;;2*+4/p-2. The summed E-state index contributed by atoms with van der Waals surface area (Å²) in [6.45, 7) is 24.7. The number of nitrogens with zero attached hydrogens (tertiary/aromatic N) is 4. The Morgan fingerprint density at radius 2 is 0.736 bits per heavy atom. The first-order valence-corrected chi connectivity index (χ1v) is 56.1. The van der Waals surface area contributed by atoms with Crippen LogP contribution in [0.2, 0.25) is 37.3 Å². The van der Waals surface area contributed by atoms with Gasteiger partial charge in [0.05, 0.1) is 16.1 Å². The zero-order valence-corrected chi connectivity index (χ0v) is 80.3. The van der Waals surface area contributed by atoms with Crippen LogP contribution in [0.15, 0.2) is 154 Å². The summed E-state index contributed by atoms with van der Waals surface area (Å²) >= 11 is 16.0. The maximum atomic E-state index is 4.93. The minimum absolute atomic E-state index is 0. The van der Waals surface area contributed by atoms with E-state index in [9.17, 15) is 0 Å². The van der Waals surface area contributed by atoms with Gasteiger partial charge < -0.3 is 36.1 Å².